The van der Waals surface area contributed by atoms with Gasteiger partial charge in [-0.3, -0.25) is 0 Å². The molecule has 3 aromatic rings. The molecular weight excluding hydrogens is 383 g/mol. The quantitative estimate of drug-likeness (QED) is 0.608. The summed E-state index contributed by atoms with van der Waals surface area (Å²) in [5.41, 5.74) is 1.67. The van der Waals surface area contributed by atoms with Crippen LogP contribution in [-0.4, -0.2) is 28.0 Å². The highest BCUT2D eigenvalue weighted by Crippen LogP contribution is 2.24. The second kappa shape index (κ2) is 7.98. The van der Waals surface area contributed by atoms with Crippen LogP contribution in [0.1, 0.15) is 12.8 Å². The van der Waals surface area contributed by atoms with Crippen molar-refractivity contribution >= 4 is 52.4 Å². The molecule has 1 fully saturated rings. The molecule has 2 N–H and O–H groups in total. The number of rotatable bonds is 5. The van der Waals surface area contributed by atoms with Crippen molar-refractivity contribution in [2.75, 3.05) is 28.6 Å². The van der Waals surface area contributed by atoms with Gasteiger partial charge in [-0.05, 0) is 55.3 Å². The van der Waals surface area contributed by atoms with Crippen LogP contribution in [0.5, 0.6) is 0 Å². The van der Waals surface area contributed by atoms with Crippen molar-refractivity contribution in [3.8, 4) is 0 Å². The molecule has 0 amide bonds. The number of nitrogens with zero attached hydrogens (tertiary/aromatic N) is 4. The maximum Gasteiger partial charge on any atom is 0.233 e. The summed E-state index contributed by atoms with van der Waals surface area (Å²) in [5, 5.41) is 7.75. The Hall–Kier alpha value is -2.57. The molecule has 2 heterocycles. The van der Waals surface area contributed by atoms with Gasteiger partial charge in [0.25, 0.3) is 0 Å². The van der Waals surface area contributed by atoms with E-state index in [9.17, 15) is 0 Å². The first-order valence-electron chi connectivity index (χ1n) is 8.72. The second-order valence-corrected chi connectivity index (χ2v) is 7.12. The first kappa shape index (κ1) is 17.8. The lowest BCUT2D eigenvalue weighted by Crippen LogP contribution is -2.21. The normalized spacial score (nSPS) is 13.6. The van der Waals surface area contributed by atoms with E-state index in [-0.39, 0.29) is 0 Å². The van der Waals surface area contributed by atoms with E-state index in [1.165, 1.54) is 0 Å². The zero-order valence-corrected chi connectivity index (χ0v) is 16.0. The van der Waals surface area contributed by atoms with Crippen LogP contribution in [0.2, 0.25) is 10.0 Å². The minimum atomic E-state index is 0.464. The zero-order valence-electron chi connectivity index (χ0n) is 14.5. The van der Waals surface area contributed by atoms with Crippen molar-refractivity contribution in [2.45, 2.75) is 12.8 Å². The highest BCUT2D eigenvalue weighted by Gasteiger charge is 2.17. The van der Waals surface area contributed by atoms with Crippen molar-refractivity contribution in [1.82, 2.24) is 15.0 Å². The molecule has 0 spiro atoms. The van der Waals surface area contributed by atoms with Crippen molar-refractivity contribution < 1.29 is 0 Å². The molecule has 138 valence electrons. The van der Waals surface area contributed by atoms with Crippen molar-refractivity contribution in [2.24, 2.45) is 0 Å². The van der Waals surface area contributed by atoms with E-state index in [2.05, 4.69) is 30.5 Å². The van der Waals surface area contributed by atoms with Gasteiger partial charge in [-0.2, -0.15) is 15.0 Å². The largest absolute Gasteiger partial charge is 0.341 e. The van der Waals surface area contributed by atoms with E-state index in [4.69, 9.17) is 23.2 Å². The van der Waals surface area contributed by atoms with Crippen LogP contribution in [0.15, 0.2) is 48.5 Å². The summed E-state index contributed by atoms with van der Waals surface area (Å²) < 4.78 is 0. The summed E-state index contributed by atoms with van der Waals surface area (Å²) in [6.45, 7) is 1.89. The topological polar surface area (TPSA) is 66.0 Å². The molecule has 0 radical (unpaired) electrons. The third kappa shape index (κ3) is 4.59. The molecule has 1 aliphatic heterocycles. The Balaban J connectivity index is 1.64. The van der Waals surface area contributed by atoms with Gasteiger partial charge in [0, 0.05) is 34.5 Å². The molecule has 0 aliphatic carbocycles. The molecule has 0 bridgehead atoms. The number of benzene rings is 2. The fourth-order valence-corrected chi connectivity index (χ4v) is 3.21. The predicted molar refractivity (Wildman–Crippen MR) is 111 cm³/mol. The van der Waals surface area contributed by atoms with Crippen molar-refractivity contribution in [1.29, 1.82) is 0 Å². The molecule has 1 aromatic heterocycles. The molecule has 0 saturated carbocycles. The molecule has 1 saturated heterocycles. The van der Waals surface area contributed by atoms with Gasteiger partial charge in [0.1, 0.15) is 0 Å². The van der Waals surface area contributed by atoms with E-state index in [0.29, 0.717) is 27.9 Å². The molecule has 2 aromatic carbocycles. The Bertz CT molecular complexity index is 926. The lowest BCUT2D eigenvalue weighted by molar-refractivity contribution is 0.886. The Morgan fingerprint density at radius 2 is 1.41 bits per heavy atom. The fourth-order valence-electron chi connectivity index (χ4n) is 2.89. The number of hydrogen-bond acceptors (Lipinski definition) is 6. The van der Waals surface area contributed by atoms with Crippen LogP contribution >= 0.6 is 23.2 Å². The number of nitrogens with one attached hydrogen (secondary N) is 2. The van der Waals surface area contributed by atoms with E-state index in [1.807, 2.05) is 48.5 Å². The van der Waals surface area contributed by atoms with Gasteiger partial charge < -0.3 is 15.5 Å². The second-order valence-electron chi connectivity index (χ2n) is 6.24. The molecule has 6 nitrogen and oxygen atoms in total. The smallest absolute Gasteiger partial charge is 0.233 e. The van der Waals surface area contributed by atoms with Gasteiger partial charge in [-0.15, -0.1) is 0 Å². The van der Waals surface area contributed by atoms with Crippen LogP contribution in [0.4, 0.5) is 29.2 Å². The lowest BCUT2D eigenvalue weighted by atomic mass is 10.3. The first-order valence-corrected chi connectivity index (χ1v) is 9.47. The Morgan fingerprint density at radius 1 is 0.741 bits per heavy atom. The van der Waals surface area contributed by atoms with Crippen LogP contribution in [0, 0.1) is 0 Å². The maximum absolute atomic E-state index is 6.07. The standard InChI is InChI=1S/C19H18Cl2N6/c20-13-6-8-15(9-7-13)22-17-24-18(23-16-5-3-4-14(21)12-16)26-19(25-17)27-10-1-2-11-27/h3-9,12H,1-2,10-11H2,(H2,22,23,24,25,26). The maximum atomic E-state index is 6.07. The van der Waals surface area contributed by atoms with Gasteiger partial charge in [0.15, 0.2) is 0 Å². The lowest BCUT2D eigenvalue weighted by Gasteiger charge is -2.17. The van der Waals surface area contributed by atoms with Crippen molar-refractivity contribution in [3.05, 3.63) is 58.6 Å². The average molecular weight is 401 g/mol. The molecule has 4 rings (SSSR count). The number of hydrogen-bond donors (Lipinski definition) is 2. The SMILES string of the molecule is Clc1ccc(Nc2nc(Nc3cccc(Cl)c3)nc(N3CCCC3)n2)cc1. The summed E-state index contributed by atoms with van der Waals surface area (Å²) in [5.74, 6) is 1.59. The average Bonchev–Trinajstić information content (AvgIpc) is 3.18. The Kier molecular flexibility index (Phi) is 5.27. The molecule has 1 aliphatic rings. The van der Waals surface area contributed by atoms with Gasteiger partial charge in [0.2, 0.25) is 17.8 Å². The number of anilines is 5. The Labute approximate surface area is 167 Å². The van der Waals surface area contributed by atoms with Gasteiger partial charge in [-0.1, -0.05) is 29.3 Å². The molecule has 27 heavy (non-hydrogen) atoms. The summed E-state index contributed by atoms with van der Waals surface area (Å²) in [6, 6.07) is 14.8. The van der Waals surface area contributed by atoms with Crippen LogP contribution in [0.25, 0.3) is 0 Å². The summed E-state index contributed by atoms with van der Waals surface area (Å²) in [4.78, 5) is 15.8. The Morgan fingerprint density at radius 3 is 2.07 bits per heavy atom. The van der Waals surface area contributed by atoms with Gasteiger partial charge in [0.05, 0.1) is 0 Å². The van der Waals surface area contributed by atoms with Crippen LogP contribution in [0.3, 0.4) is 0 Å². The van der Waals surface area contributed by atoms with Gasteiger partial charge in [-0.25, -0.2) is 0 Å². The van der Waals surface area contributed by atoms with Crippen LogP contribution in [-0.2, 0) is 0 Å². The minimum Gasteiger partial charge on any atom is -0.341 e. The molecule has 0 unspecified atom stereocenters. The summed E-state index contributed by atoms with van der Waals surface area (Å²) in [7, 11) is 0. The first-order chi connectivity index (χ1) is 13.2. The van der Waals surface area contributed by atoms with E-state index >= 15 is 0 Å². The third-order valence-corrected chi connectivity index (χ3v) is 4.68. The molecule has 8 heteroatoms. The zero-order chi connectivity index (χ0) is 18.6. The monoisotopic (exact) mass is 400 g/mol. The minimum absolute atomic E-state index is 0.464. The highest BCUT2D eigenvalue weighted by atomic mass is 35.5. The number of halogens is 2. The molecule has 0 atom stereocenters. The van der Waals surface area contributed by atoms with Crippen molar-refractivity contribution in [3.63, 3.8) is 0 Å². The van der Waals surface area contributed by atoms with Gasteiger partial charge >= 0.3 is 0 Å². The van der Waals surface area contributed by atoms with E-state index in [1.54, 1.807) is 0 Å². The van der Waals surface area contributed by atoms with E-state index < -0.39 is 0 Å². The van der Waals surface area contributed by atoms with Crippen LogP contribution < -0.4 is 15.5 Å². The fraction of sp³-hybridized carbons (Fsp3) is 0.211. The highest BCUT2D eigenvalue weighted by molar-refractivity contribution is 6.31. The third-order valence-electron chi connectivity index (χ3n) is 4.19. The summed E-state index contributed by atoms with van der Waals surface area (Å²) in [6.07, 6.45) is 2.28. The molecular formula is C19H18Cl2N6. The number of aromatic nitrogens is 3. The summed E-state index contributed by atoms with van der Waals surface area (Å²) >= 11 is 12.0. The predicted octanol–water partition coefficient (Wildman–Crippen LogP) is 5.27. The van der Waals surface area contributed by atoms with E-state index in [0.717, 1.165) is 37.3 Å².